The molecule has 4 bridgehead atoms. The summed E-state index contributed by atoms with van der Waals surface area (Å²) in [7, 11) is 0. The summed E-state index contributed by atoms with van der Waals surface area (Å²) in [6, 6.07) is 0. The number of ether oxygens (including phenoxy) is 14. The Labute approximate surface area is 843 Å². The lowest BCUT2D eigenvalue weighted by Crippen LogP contribution is -2.58. The number of rotatable bonds is 43. The van der Waals surface area contributed by atoms with Crippen LogP contribution >= 0.6 is 0 Å². The molecule has 0 saturated heterocycles. The molecule has 0 heterocycles. The van der Waals surface area contributed by atoms with E-state index in [1.165, 1.54) is 44.9 Å². The maximum atomic E-state index is 12.3. The van der Waals surface area contributed by atoms with Crippen molar-refractivity contribution in [2.24, 2.45) is 61.6 Å². The Bertz CT molecular complexity index is 3810. The Morgan fingerprint density at radius 2 is 0.479 bits per heavy atom. The highest BCUT2D eigenvalue weighted by Gasteiger charge is 2.57. The fourth-order valence-electron chi connectivity index (χ4n) is 17.7. The molecule has 0 aliphatic heterocycles. The van der Waals surface area contributed by atoms with Crippen molar-refractivity contribution >= 4 is 83.6 Å². The summed E-state index contributed by atoms with van der Waals surface area (Å²) in [6.07, 6.45) is 38.5. The van der Waals surface area contributed by atoms with Gasteiger partial charge in [0, 0.05) is 12.8 Å². The second kappa shape index (κ2) is 59.3. The van der Waals surface area contributed by atoms with Crippen molar-refractivity contribution in [3.63, 3.8) is 0 Å². The topological polar surface area (TPSA) is 368 Å². The van der Waals surface area contributed by atoms with Crippen molar-refractivity contribution in [1.82, 2.24) is 0 Å². The summed E-state index contributed by atoms with van der Waals surface area (Å²) in [4.78, 5) is 165. The van der Waals surface area contributed by atoms with Crippen LogP contribution in [0.15, 0.2) is 0 Å². The van der Waals surface area contributed by atoms with Crippen LogP contribution in [0.5, 0.6) is 0 Å². The zero-order valence-electron chi connectivity index (χ0n) is 93.1. The molecule has 0 spiro atoms. The number of carbonyl (C=O) groups is 14. The summed E-state index contributed by atoms with van der Waals surface area (Å²) >= 11 is 0. The molecule has 0 atom stereocenters. The van der Waals surface area contributed by atoms with Crippen molar-refractivity contribution in [3.8, 4) is 0 Å². The second-order valence-electron chi connectivity index (χ2n) is 47.1. The Balaban J connectivity index is 0.000000553. The summed E-state index contributed by atoms with van der Waals surface area (Å²) in [5.41, 5.74) is -5.80. The lowest BCUT2D eigenvalue weighted by molar-refractivity contribution is -0.208. The Morgan fingerprint density at radius 3 is 0.786 bits per heavy atom. The van der Waals surface area contributed by atoms with Crippen molar-refractivity contribution in [1.29, 1.82) is 0 Å². The average Bonchev–Trinajstić information content (AvgIpc) is 0.862. The van der Waals surface area contributed by atoms with Crippen LogP contribution in [0.1, 0.15) is 484 Å². The molecule has 9 aliphatic carbocycles. The monoisotopic (exact) mass is 1990 g/mol. The minimum atomic E-state index is -0.549. The predicted octanol–water partition coefficient (Wildman–Crippen LogP) is 24.5. The van der Waals surface area contributed by atoms with E-state index in [-0.39, 0.29) is 158 Å². The number of unbranched alkanes of at least 4 members (excludes halogenated alkanes) is 1. The zero-order valence-corrected chi connectivity index (χ0v) is 93.1. The standard InChI is InChI=1S/C19H30O4.3C16H28O4.2C15H26O4.C15H28O4/c1-5-18(2,3)17(21)22-11-16(20)23-19(4)14-7-12-6-13(9-14)10-15(19)8-12;1-5-15(2,3)14(18)19-12-8-9-13(17)20-16(4)10-6-7-11-16;1-5-15(3,4)14(18)19-12-9-13(17)20-16(6-2)10-7-8-11-16;1-5-15(3,4)14(18)19-12-13(17)20-16(6-2)10-8-7-9-11-16;1-5-14(2,3)13(17)18-11-8-12(16)19-15(4)9-6-7-10-15;1-5-14(2,3)13(17)18-11-12(16)19-15(4)9-7-6-8-10-15;1-7-15(5,6)13(17)18-11-9-8-10-12(16)19-14(2,3)4/h12-15H,5-11H2,1-4H3;3*5-12H2,1-4H3;2*5-11H2,1-4H3;7-11H2,1-6H3. The van der Waals surface area contributed by atoms with E-state index in [9.17, 15) is 67.1 Å². The van der Waals surface area contributed by atoms with Crippen LogP contribution in [0.2, 0.25) is 0 Å². The molecule has 0 amide bonds. The van der Waals surface area contributed by atoms with Crippen LogP contribution < -0.4 is 0 Å². The number of hydrogen-bond donors (Lipinski definition) is 0. The number of hydrogen-bond acceptors (Lipinski definition) is 28. The quantitative estimate of drug-likeness (QED) is 0.0311. The fourth-order valence-corrected chi connectivity index (χ4v) is 17.7. The van der Waals surface area contributed by atoms with Crippen molar-refractivity contribution in [3.05, 3.63) is 0 Å². The van der Waals surface area contributed by atoms with Crippen molar-refractivity contribution in [2.45, 2.75) is 523 Å². The first-order chi connectivity index (χ1) is 64.9. The third kappa shape index (κ3) is 46.3. The largest absolute Gasteiger partial charge is 0.465 e. The number of esters is 14. The van der Waals surface area contributed by atoms with Crippen LogP contribution in [0.3, 0.4) is 0 Å². The van der Waals surface area contributed by atoms with Crippen LogP contribution in [0.25, 0.3) is 0 Å². The highest BCUT2D eigenvalue weighted by molar-refractivity contribution is 5.83. The summed E-state index contributed by atoms with van der Waals surface area (Å²) in [6.45, 7) is 57.1. The molecule has 810 valence electrons. The van der Waals surface area contributed by atoms with E-state index in [4.69, 9.17) is 66.3 Å². The first-order valence-electron chi connectivity index (χ1n) is 53.6. The van der Waals surface area contributed by atoms with E-state index in [1.807, 2.05) is 194 Å². The smallest absolute Gasteiger partial charge is 0.344 e. The maximum absolute atomic E-state index is 12.3. The van der Waals surface area contributed by atoms with Gasteiger partial charge in [-0.3, -0.25) is 52.7 Å². The number of carbonyl (C=O) groups excluding carboxylic acids is 14. The maximum Gasteiger partial charge on any atom is 0.344 e. The molecular formula is C112H194O28. The van der Waals surface area contributed by atoms with Gasteiger partial charge >= 0.3 is 83.6 Å². The lowest BCUT2D eigenvalue weighted by atomic mass is 9.50. The molecule has 9 aliphatic rings. The minimum absolute atomic E-state index is 0.108. The summed E-state index contributed by atoms with van der Waals surface area (Å²) in [5.74, 6) is -1.39. The molecule has 9 saturated carbocycles. The van der Waals surface area contributed by atoms with Gasteiger partial charge in [0.05, 0.1) is 64.0 Å². The lowest BCUT2D eigenvalue weighted by Gasteiger charge is -2.59. The highest BCUT2D eigenvalue weighted by Crippen LogP contribution is 2.60. The molecule has 0 radical (unpaired) electrons. The minimum Gasteiger partial charge on any atom is -0.465 e. The van der Waals surface area contributed by atoms with Crippen LogP contribution in [0.4, 0.5) is 0 Å². The molecule has 140 heavy (non-hydrogen) atoms. The van der Waals surface area contributed by atoms with Gasteiger partial charge in [0.25, 0.3) is 0 Å². The molecule has 0 aromatic carbocycles. The highest BCUT2D eigenvalue weighted by atomic mass is 16.6. The van der Waals surface area contributed by atoms with Crippen LogP contribution in [-0.4, -0.2) is 169 Å². The summed E-state index contributed by atoms with van der Waals surface area (Å²) in [5, 5.41) is 0. The van der Waals surface area contributed by atoms with E-state index in [2.05, 4.69) is 13.8 Å². The molecule has 28 nitrogen and oxygen atoms in total. The van der Waals surface area contributed by atoms with Gasteiger partial charge in [-0.15, -0.1) is 0 Å². The molecule has 0 N–H and O–H groups in total. The molecule has 0 unspecified atom stereocenters. The van der Waals surface area contributed by atoms with Crippen LogP contribution in [0, 0.1) is 61.6 Å². The Kier molecular flexibility index (Phi) is 54.4. The summed E-state index contributed by atoms with van der Waals surface area (Å²) < 4.78 is 74.7. The van der Waals surface area contributed by atoms with Gasteiger partial charge < -0.3 is 66.3 Å². The molecule has 9 rings (SSSR count). The first kappa shape index (κ1) is 129. The van der Waals surface area contributed by atoms with E-state index in [1.54, 1.807) is 0 Å². The van der Waals surface area contributed by atoms with Crippen LogP contribution in [-0.2, 0) is 133 Å². The van der Waals surface area contributed by atoms with Gasteiger partial charge in [0.15, 0.2) is 19.8 Å². The fraction of sp³-hybridized carbons (Fsp3) is 0.875. The van der Waals surface area contributed by atoms with E-state index >= 15 is 0 Å². The predicted molar refractivity (Wildman–Crippen MR) is 538 cm³/mol. The Hall–Kier alpha value is -7.42. The van der Waals surface area contributed by atoms with Gasteiger partial charge in [-0.25, -0.2) is 14.4 Å². The first-order valence-corrected chi connectivity index (χ1v) is 53.6. The van der Waals surface area contributed by atoms with Crippen molar-refractivity contribution < 1.29 is 133 Å². The van der Waals surface area contributed by atoms with Gasteiger partial charge in [-0.05, 0) is 407 Å². The zero-order chi connectivity index (χ0) is 107. The third-order valence-electron chi connectivity index (χ3n) is 30.9. The van der Waals surface area contributed by atoms with E-state index in [0.29, 0.717) is 76.2 Å². The molecule has 0 aromatic heterocycles. The molecule has 9 fully saturated rings. The van der Waals surface area contributed by atoms with Crippen molar-refractivity contribution in [2.75, 3.05) is 46.2 Å². The molecule has 0 aromatic rings. The Morgan fingerprint density at radius 1 is 0.243 bits per heavy atom. The van der Waals surface area contributed by atoms with Gasteiger partial charge in [0.2, 0.25) is 0 Å². The molecule has 28 heteroatoms. The average molecular weight is 1990 g/mol. The van der Waals surface area contributed by atoms with Gasteiger partial charge in [0.1, 0.15) is 52.4 Å². The van der Waals surface area contributed by atoms with E-state index < -0.39 is 55.4 Å². The second-order valence-corrected chi connectivity index (χ2v) is 47.1. The SMILES string of the molecule is CCC(C)(C)C(=O)OCC(=O)OC1(C)C2CC3CC(C2)CC1C3.CCC(C)(C)C(=O)OCC(=O)OC1(C)CCCCC1.CCC(C)(C)C(=O)OCCC(=O)OC1(C)CCCC1.CCC(C)(C)C(=O)OCCCC(=O)OC1(C)CCCC1.CCC(C)(C)C(=O)OCCCCC(=O)OC(C)(C)C.CCC1(OC(=O)CCOC(=O)C(C)(C)CC)CCCC1.CCC1(OC(=O)COC(=O)C(C)(C)CC)CCCCC1. The molecular weight excluding hydrogens is 1790 g/mol. The third-order valence-corrected chi connectivity index (χ3v) is 30.9. The normalized spacial score (nSPS) is 20.7. The van der Waals surface area contributed by atoms with Gasteiger partial charge in [-0.1, -0.05) is 75.2 Å². The van der Waals surface area contributed by atoms with Gasteiger partial charge in [-0.2, -0.15) is 0 Å². The van der Waals surface area contributed by atoms with E-state index in [0.717, 1.165) is 172 Å².